The van der Waals surface area contributed by atoms with E-state index in [1.165, 1.54) is 0 Å². The highest BCUT2D eigenvalue weighted by molar-refractivity contribution is 6.30. The van der Waals surface area contributed by atoms with Crippen molar-refractivity contribution >= 4 is 29.9 Å². The molecule has 0 atom stereocenters. The van der Waals surface area contributed by atoms with E-state index >= 15 is 0 Å². The van der Waals surface area contributed by atoms with E-state index in [0.29, 0.717) is 0 Å². The van der Waals surface area contributed by atoms with E-state index in [-0.39, 0.29) is 23.9 Å². The highest BCUT2D eigenvalue weighted by atomic mass is 35.5. The summed E-state index contributed by atoms with van der Waals surface area (Å²) in [5.41, 5.74) is 0.903. The van der Waals surface area contributed by atoms with Crippen LogP contribution in [-0.2, 0) is 10.3 Å². The van der Waals surface area contributed by atoms with E-state index in [4.69, 9.17) is 11.6 Å². The molecule has 1 heterocycles. The van der Waals surface area contributed by atoms with Crippen molar-refractivity contribution in [1.29, 1.82) is 0 Å². The molecule has 0 spiro atoms. The van der Waals surface area contributed by atoms with Crippen LogP contribution in [0.25, 0.3) is 0 Å². The van der Waals surface area contributed by atoms with Crippen LogP contribution in [0.3, 0.4) is 0 Å². The second kappa shape index (κ2) is 6.41. The van der Waals surface area contributed by atoms with Gasteiger partial charge in [0.2, 0.25) is 5.91 Å². The van der Waals surface area contributed by atoms with Crippen LogP contribution >= 0.6 is 24.0 Å². The van der Waals surface area contributed by atoms with Crippen molar-refractivity contribution in [2.75, 3.05) is 13.1 Å². The molecule has 0 aliphatic carbocycles. The fourth-order valence-corrected chi connectivity index (χ4v) is 2.57. The molecule has 1 fully saturated rings. The molecule has 18 heavy (non-hydrogen) atoms. The van der Waals surface area contributed by atoms with E-state index in [1.54, 1.807) is 6.92 Å². The second-order valence-corrected chi connectivity index (χ2v) is 4.96. The molecule has 0 bridgehead atoms. The van der Waals surface area contributed by atoms with E-state index < -0.39 is 0 Å². The molecule has 0 unspecified atom stereocenters. The quantitative estimate of drug-likeness (QED) is 0.878. The molecule has 3 nitrogen and oxygen atoms in total. The van der Waals surface area contributed by atoms with Crippen molar-refractivity contribution in [3.05, 3.63) is 34.9 Å². The molecular weight excluding hydrogens is 271 g/mol. The summed E-state index contributed by atoms with van der Waals surface area (Å²) in [5, 5.41) is 7.15. The van der Waals surface area contributed by atoms with Gasteiger partial charge < -0.3 is 10.6 Å². The minimum atomic E-state index is -0.234. The van der Waals surface area contributed by atoms with Crippen molar-refractivity contribution < 1.29 is 4.79 Å². The van der Waals surface area contributed by atoms with Gasteiger partial charge in [-0.1, -0.05) is 23.7 Å². The summed E-state index contributed by atoms with van der Waals surface area (Å²) in [7, 11) is 0. The largest absolute Gasteiger partial charge is 0.347 e. The number of amides is 1. The maximum Gasteiger partial charge on any atom is 0.217 e. The highest BCUT2D eigenvalue weighted by Crippen LogP contribution is 2.31. The molecule has 1 aliphatic rings. The number of halogens is 2. The number of hydrogen-bond donors (Lipinski definition) is 2. The molecule has 1 aromatic rings. The first-order valence-electron chi connectivity index (χ1n) is 5.88. The number of hydrogen-bond acceptors (Lipinski definition) is 2. The summed E-state index contributed by atoms with van der Waals surface area (Å²) < 4.78 is 0. The number of carbonyl (C=O) groups is 1. The Morgan fingerprint density at radius 3 is 2.33 bits per heavy atom. The van der Waals surface area contributed by atoms with Crippen LogP contribution < -0.4 is 10.6 Å². The van der Waals surface area contributed by atoms with Crippen molar-refractivity contribution in [3.8, 4) is 0 Å². The standard InChI is InChI=1S/C13H17ClN2O.ClH/c1-10(17)16-13(6-8-15-9-7-13)11-2-4-12(14)5-3-11;/h2-5,15H,6-9H2,1H3,(H,16,17);1H. The Hall–Kier alpha value is -0.770. The van der Waals surface area contributed by atoms with Crippen molar-refractivity contribution in [3.63, 3.8) is 0 Å². The lowest BCUT2D eigenvalue weighted by Crippen LogP contribution is -2.51. The van der Waals surface area contributed by atoms with Crippen molar-refractivity contribution in [1.82, 2.24) is 10.6 Å². The van der Waals surface area contributed by atoms with E-state index in [0.717, 1.165) is 36.5 Å². The maximum atomic E-state index is 11.4. The SMILES string of the molecule is CC(=O)NC1(c2ccc(Cl)cc2)CCNCC1.Cl. The first kappa shape index (κ1) is 15.3. The zero-order chi connectivity index (χ0) is 12.3. The predicted octanol–water partition coefficient (Wildman–Crippen LogP) is 2.48. The predicted molar refractivity (Wildman–Crippen MR) is 76.3 cm³/mol. The average molecular weight is 289 g/mol. The Labute approximate surface area is 119 Å². The normalized spacial score (nSPS) is 17.7. The Bertz CT molecular complexity index is 400. The van der Waals surface area contributed by atoms with Crippen LogP contribution in [0.5, 0.6) is 0 Å². The van der Waals surface area contributed by atoms with Crippen LogP contribution in [0.2, 0.25) is 5.02 Å². The first-order chi connectivity index (χ1) is 8.12. The monoisotopic (exact) mass is 288 g/mol. The van der Waals surface area contributed by atoms with Gasteiger partial charge in [-0.2, -0.15) is 0 Å². The van der Waals surface area contributed by atoms with Gasteiger partial charge in [0.05, 0.1) is 5.54 Å². The van der Waals surface area contributed by atoms with Crippen LogP contribution in [0.1, 0.15) is 25.3 Å². The Morgan fingerprint density at radius 1 is 1.28 bits per heavy atom. The zero-order valence-corrected chi connectivity index (χ0v) is 11.9. The lowest BCUT2D eigenvalue weighted by Gasteiger charge is -2.38. The van der Waals surface area contributed by atoms with Crippen LogP contribution in [0.4, 0.5) is 0 Å². The summed E-state index contributed by atoms with van der Waals surface area (Å²) >= 11 is 5.90. The molecule has 0 aromatic heterocycles. The van der Waals surface area contributed by atoms with Gasteiger partial charge in [-0.3, -0.25) is 4.79 Å². The molecule has 1 aromatic carbocycles. The van der Waals surface area contributed by atoms with Gasteiger partial charge in [-0.25, -0.2) is 0 Å². The minimum absolute atomic E-state index is 0. The minimum Gasteiger partial charge on any atom is -0.347 e. The smallest absolute Gasteiger partial charge is 0.217 e. The summed E-state index contributed by atoms with van der Waals surface area (Å²) in [5.74, 6) is 0.0156. The second-order valence-electron chi connectivity index (χ2n) is 4.52. The van der Waals surface area contributed by atoms with E-state index in [9.17, 15) is 4.79 Å². The highest BCUT2D eigenvalue weighted by Gasteiger charge is 2.34. The van der Waals surface area contributed by atoms with Gasteiger partial charge in [0.1, 0.15) is 0 Å². The van der Waals surface area contributed by atoms with Crippen LogP contribution in [0, 0.1) is 0 Å². The van der Waals surface area contributed by atoms with E-state index in [1.807, 2.05) is 24.3 Å². The van der Waals surface area contributed by atoms with E-state index in [2.05, 4.69) is 10.6 Å². The molecular formula is C13H18Cl2N2O. The Kier molecular flexibility index (Phi) is 5.45. The third kappa shape index (κ3) is 3.37. The van der Waals surface area contributed by atoms with Crippen molar-refractivity contribution in [2.24, 2.45) is 0 Å². The Morgan fingerprint density at radius 2 is 1.83 bits per heavy atom. The molecule has 0 saturated carbocycles. The fourth-order valence-electron chi connectivity index (χ4n) is 2.45. The molecule has 2 N–H and O–H groups in total. The number of piperidine rings is 1. The van der Waals surface area contributed by atoms with Gasteiger partial charge >= 0.3 is 0 Å². The topological polar surface area (TPSA) is 41.1 Å². The van der Waals surface area contributed by atoms with Gasteiger partial charge in [0.25, 0.3) is 0 Å². The maximum absolute atomic E-state index is 11.4. The lowest BCUT2D eigenvalue weighted by atomic mass is 9.81. The average Bonchev–Trinajstić information content (AvgIpc) is 2.30. The van der Waals surface area contributed by atoms with Gasteiger partial charge in [0.15, 0.2) is 0 Å². The number of carbonyl (C=O) groups excluding carboxylic acids is 1. The van der Waals surface area contributed by atoms with Crippen LogP contribution in [0.15, 0.2) is 24.3 Å². The Balaban J connectivity index is 0.00000162. The fraction of sp³-hybridized carbons (Fsp3) is 0.462. The zero-order valence-electron chi connectivity index (χ0n) is 10.3. The molecule has 5 heteroatoms. The molecule has 1 amide bonds. The molecule has 100 valence electrons. The van der Waals surface area contributed by atoms with Crippen LogP contribution in [-0.4, -0.2) is 19.0 Å². The van der Waals surface area contributed by atoms with Crippen molar-refractivity contribution in [2.45, 2.75) is 25.3 Å². The summed E-state index contributed by atoms with van der Waals surface area (Å²) in [6.45, 7) is 3.41. The van der Waals surface area contributed by atoms with Gasteiger partial charge in [0, 0.05) is 11.9 Å². The van der Waals surface area contributed by atoms with Gasteiger partial charge in [-0.15, -0.1) is 12.4 Å². The number of benzene rings is 1. The lowest BCUT2D eigenvalue weighted by molar-refractivity contribution is -0.121. The molecule has 0 radical (unpaired) electrons. The third-order valence-corrected chi connectivity index (χ3v) is 3.52. The summed E-state index contributed by atoms with van der Waals surface area (Å²) in [6.07, 6.45) is 1.82. The first-order valence-corrected chi connectivity index (χ1v) is 6.26. The summed E-state index contributed by atoms with van der Waals surface area (Å²) in [6, 6.07) is 7.76. The van der Waals surface area contributed by atoms with Gasteiger partial charge in [-0.05, 0) is 43.6 Å². The molecule has 1 saturated heterocycles. The molecule has 1 aliphatic heterocycles. The molecule has 2 rings (SSSR count). The summed E-state index contributed by atoms with van der Waals surface area (Å²) in [4.78, 5) is 11.4. The number of rotatable bonds is 2. The number of nitrogens with one attached hydrogen (secondary N) is 2. The third-order valence-electron chi connectivity index (χ3n) is 3.27.